The van der Waals surface area contributed by atoms with Gasteiger partial charge in [0.05, 0.1) is 0 Å². The zero-order valence-corrected chi connectivity index (χ0v) is 16.3. The summed E-state index contributed by atoms with van der Waals surface area (Å²) >= 11 is 0. The number of benzene rings is 2. The molecule has 1 unspecified atom stereocenters. The van der Waals surface area contributed by atoms with Crippen molar-refractivity contribution in [2.24, 2.45) is 5.92 Å². The van der Waals surface area contributed by atoms with Gasteiger partial charge in [-0.1, -0.05) is 24.3 Å². The molecule has 2 fully saturated rings. The highest BCUT2D eigenvalue weighted by Gasteiger charge is 2.29. The van der Waals surface area contributed by atoms with Gasteiger partial charge < -0.3 is 15.5 Å². The lowest BCUT2D eigenvalue weighted by Gasteiger charge is -2.17. The number of anilines is 1. The first-order chi connectivity index (χ1) is 13.6. The maximum atomic E-state index is 12.7. The molecule has 1 aliphatic carbocycles. The van der Waals surface area contributed by atoms with Crippen LogP contribution in [0.2, 0.25) is 0 Å². The summed E-state index contributed by atoms with van der Waals surface area (Å²) in [6.07, 6.45) is 3.71. The van der Waals surface area contributed by atoms with Crippen molar-refractivity contribution in [2.75, 3.05) is 25.0 Å². The molecule has 1 saturated carbocycles. The van der Waals surface area contributed by atoms with Crippen LogP contribution in [-0.2, 0) is 0 Å². The molecule has 0 aromatic heterocycles. The number of carbonyl (C=O) groups is 2. The molecular formula is C23H27N3O2. The Morgan fingerprint density at radius 3 is 2.54 bits per heavy atom. The number of likely N-dealkylation sites (tertiary alicyclic amines) is 1. The fraction of sp³-hybridized carbons (Fsp3) is 0.391. The molecule has 2 aliphatic rings. The highest BCUT2D eigenvalue weighted by atomic mass is 16.2. The van der Waals surface area contributed by atoms with Crippen molar-refractivity contribution >= 4 is 17.5 Å². The van der Waals surface area contributed by atoms with Gasteiger partial charge in [0.1, 0.15) is 0 Å². The number of carbonyl (C=O) groups excluding carboxylic acids is 2. The molecule has 0 spiro atoms. The number of nitrogens with zero attached hydrogens (tertiary/aromatic N) is 1. The van der Waals surface area contributed by atoms with E-state index in [0.717, 1.165) is 31.0 Å². The second-order valence-electron chi connectivity index (χ2n) is 8.01. The first kappa shape index (κ1) is 18.7. The summed E-state index contributed by atoms with van der Waals surface area (Å²) in [6, 6.07) is 14.8. The van der Waals surface area contributed by atoms with Crippen molar-refractivity contribution in [3.8, 4) is 0 Å². The Morgan fingerprint density at radius 2 is 1.79 bits per heavy atom. The Bertz CT molecular complexity index is 861. The molecule has 146 valence electrons. The van der Waals surface area contributed by atoms with Crippen LogP contribution in [0.3, 0.4) is 0 Å². The fourth-order valence-electron chi connectivity index (χ4n) is 3.73. The summed E-state index contributed by atoms with van der Waals surface area (Å²) in [4.78, 5) is 27.6. The van der Waals surface area contributed by atoms with Crippen LogP contribution in [0.15, 0.2) is 48.5 Å². The molecule has 1 heterocycles. The first-order valence-electron chi connectivity index (χ1n) is 10.1. The number of amides is 2. The zero-order valence-electron chi connectivity index (χ0n) is 16.3. The highest BCUT2D eigenvalue weighted by Crippen LogP contribution is 2.30. The average molecular weight is 377 g/mol. The molecule has 1 aliphatic heterocycles. The van der Waals surface area contributed by atoms with Gasteiger partial charge in [0.2, 0.25) is 0 Å². The van der Waals surface area contributed by atoms with Crippen LogP contribution < -0.4 is 10.6 Å². The Kier molecular flexibility index (Phi) is 5.44. The Morgan fingerprint density at radius 1 is 1.00 bits per heavy atom. The molecule has 5 heteroatoms. The number of rotatable bonds is 6. The van der Waals surface area contributed by atoms with Crippen LogP contribution in [0.25, 0.3) is 0 Å². The quantitative estimate of drug-likeness (QED) is 0.810. The minimum absolute atomic E-state index is 0.0755. The van der Waals surface area contributed by atoms with Crippen molar-refractivity contribution in [3.63, 3.8) is 0 Å². The van der Waals surface area contributed by atoms with Gasteiger partial charge in [-0.25, -0.2) is 0 Å². The Labute approximate surface area is 166 Å². The maximum absolute atomic E-state index is 12.7. The lowest BCUT2D eigenvalue weighted by atomic mass is 10.1. The van der Waals surface area contributed by atoms with Crippen LogP contribution in [0.5, 0.6) is 0 Å². The molecule has 2 N–H and O–H groups in total. The van der Waals surface area contributed by atoms with E-state index in [9.17, 15) is 9.59 Å². The number of hydrogen-bond donors (Lipinski definition) is 2. The normalized spacial score (nSPS) is 19.4. The van der Waals surface area contributed by atoms with E-state index in [-0.39, 0.29) is 17.9 Å². The molecular weight excluding hydrogens is 350 g/mol. The second kappa shape index (κ2) is 8.15. The number of nitrogens with one attached hydrogen (secondary N) is 2. The van der Waals surface area contributed by atoms with E-state index in [1.54, 1.807) is 18.2 Å². The summed E-state index contributed by atoms with van der Waals surface area (Å²) in [5.74, 6) is 0.628. The molecule has 2 amide bonds. The van der Waals surface area contributed by atoms with E-state index in [2.05, 4.69) is 15.5 Å². The largest absolute Gasteiger partial charge is 0.348 e. The van der Waals surface area contributed by atoms with Gasteiger partial charge in [0, 0.05) is 42.5 Å². The molecule has 5 nitrogen and oxygen atoms in total. The Balaban J connectivity index is 1.38. The van der Waals surface area contributed by atoms with Crippen molar-refractivity contribution < 1.29 is 9.59 Å². The maximum Gasteiger partial charge on any atom is 0.255 e. The first-order valence-corrected chi connectivity index (χ1v) is 10.1. The van der Waals surface area contributed by atoms with Crippen LogP contribution in [0.4, 0.5) is 5.69 Å². The average Bonchev–Trinajstić information content (AvgIpc) is 3.41. The van der Waals surface area contributed by atoms with Crippen LogP contribution in [0, 0.1) is 12.8 Å². The van der Waals surface area contributed by atoms with E-state index in [1.165, 1.54) is 19.4 Å². The van der Waals surface area contributed by atoms with Crippen LogP contribution >= 0.6 is 0 Å². The molecule has 2 aromatic carbocycles. The summed E-state index contributed by atoms with van der Waals surface area (Å²) in [5.41, 5.74) is 2.77. The summed E-state index contributed by atoms with van der Waals surface area (Å²) in [5, 5.41) is 6.08. The van der Waals surface area contributed by atoms with E-state index < -0.39 is 0 Å². The van der Waals surface area contributed by atoms with Crippen molar-refractivity contribution in [3.05, 3.63) is 65.2 Å². The van der Waals surface area contributed by atoms with E-state index >= 15 is 0 Å². The SMILES string of the molecule is Cc1ccc(C(=O)NC2CCN(CC3CC3)C2)cc1NC(=O)c1ccccc1. The lowest BCUT2D eigenvalue weighted by molar-refractivity contribution is 0.0936. The smallest absolute Gasteiger partial charge is 0.255 e. The monoisotopic (exact) mass is 377 g/mol. The number of hydrogen-bond acceptors (Lipinski definition) is 3. The molecule has 28 heavy (non-hydrogen) atoms. The van der Waals surface area contributed by atoms with E-state index in [1.807, 2.05) is 37.3 Å². The molecule has 4 rings (SSSR count). The predicted molar refractivity (Wildman–Crippen MR) is 111 cm³/mol. The van der Waals surface area contributed by atoms with Gasteiger partial charge in [0.25, 0.3) is 11.8 Å². The van der Waals surface area contributed by atoms with Crippen molar-refractivity contribution in [2.45, 2.75) is 32.2 Å². The zero-order chi connectivity index (χ0) is 19.5. The van der Waals surface area contributed by atoms with Crippen molar-refractivity contribution in [1.82, 2.24) is 10.2 Å². The molecule has 0 bridgehead atoms. The topological polar surface area (TPSA) is 61.4 Å². The van der Waals surface area contributed by atoms with Gasteiger partial charge in [-0.2, -0.15) is 0 Å². The van der Waals surface area contributed by atoms with Gasteiger partial charge in [-0.15, -0.1) is 0 Å². The summed E-state index contributed by atoms with van der Waals surface area (Å²) in [6.45, 7) is 5.10. The standard InChI is InChI=1S/C23H27N3O2/c1-16-7-10-19(13-21(16)25-22(27)18-5-3-2-4-6-18)23(28)24-20-11-12-26(15-20)14-17-8-9-17/h2-7,10,13,17,20H,8-9,11-12,14-15H2,1H3,(H,24,28)(H,25,27). The lowest BCUT2D eigenvalue weighted by Crippen LogP contribution is -2.37. The van der Waals surface area contributed by atoms with Crippen molar-refractivity contribution in [1.29, 1.82) is 0 Å². The Hall–Kier alpha value is -2.66. The van der Waals surface area contributed by atoms with E-state index in [0.29, 0.717) is 16.8 Å². The third-order valence-electron chi connectivity index (χ3n) is 5.60. The van der Waals surface area contributed by atoms with Gasteiger partial charge in [-0.05, 0) is 61.9 Å². The highest BCUT2D eigenvalue weighted by molar-refractivity contribution is 6.05. The number of aryl methyl sites for hydroxylation is 1. The van der Waals surface area contributed by atoms with E-state index in [4.69, 9.17) is 0 Å². The van der Waals surface area contributed by atoms with Crippen LogP contribution in [-0.4, -0.2) is 42.4 Å². The molecule has 2 aromatic rings. The van der Waals surface area contributed by atoms with Gasteiger partial charge in [0.15, 0.2) is 0 Å². The molecule has 1 atom stereocenters. The summed E-state index contributed by atoms with van der Waals surface area (Å²) < 4.78 is 0. The minimum Gasteiger partial charge on any atom is -0.348 e. The van der Waals surface area contributed by atoms with Crippen LogP contribution in [0.1, 0.15) is 45.5 Å². The van der Waals surface area contributed by atoms with Gasteiger partial charge >= 0.3 is 0 Å². The summed E-state index contributed by atoms with van der Waals surface area (Å²) in [7, 11) is 0. The minimum atomic E-state index is -0.173. The molecule has 0 radical (unpaired) electrons. The fourth-order valence-corrected chi connectivity index (χ4v) is 3.73. The molecule has 1 saturated heterocycles. The third-order valence-corrected chi connectivity index (χ3v) is 5.60. The second-order valence-corrected chi connectivity index (χ2v) is 8.01. The third kappa shape index (κ3) is 4.60. The predicted octanol–water partition coefficient (Wildman–Crippen LogP) is 3.46. The van der Waals surface area contributed by atoms with Gasteiger partial charge in [-0.3, -0.25) is 9.59 Å².